The van der Waals surface area contributed by atoms with Crippen LogP contribution in [0.25, 0.3) is 0 Å². The summed E-state index contributed by atoms with van der Waals surface area (Å²) in [6, 6.07) is 11.9. The van der Waals surface area contributed by atoms with Crippen LogP contribution in [0.3, 0.4) is 0 Å². The number of nitrogens with one attached hydrogen (secondary N) is 2. The van der Waals surface area contributed by atoms with Gasteiger partial charge in [-0.1, -0.05) is 24.3 Å². The minimum atomic E-state index is -4.47. The fraction of sp³-hybridized carbons (Fsp3) is 0.280. The van der Waals surface area contributed by atoms with E-state index in [-0.39, 0.29) is 42.6 Å². The first-order valence-corrected chi connectivity index (χ1v) is 10.9. The van der Waals surface area contributed by atoms with Crippen molar-refractivity contribution in [2.24, 2.45) is 5.41 Å². The summed E-state index contributed by atoms with van der Waals surface area (Å²) < 4.78 is 45.1. The molecule has 1 atom stereocenters. The molecular weight excluding hydrogens is 461 g/mol. The van der Waals surface area contributed by atoms with Crippen LogP contribution in [0.5, 0.6) is 0 Å². The number of carbonyl (C=O) groups excluding carboxylic acids is 2. The van der Waals surface area contributed by atoms with Gasteiger partial charge in [-0.05, 0) is 36.2 Å². The molecule has 1 fully saturated rings. The van der Waals surface area contributed by atoms with E-state index in [0.717, 1.165) is 11.6 Å². The third-order valence-corrected chi connectivity index (χ3v) is 5.85. The zero-order chi connectivity index (χ0) is 24.9. The summed E-state index contributed by atoms with van der Waals surface area (Å²) in [5, 5.41) is 5.65. The SMILES string of the molecule is O=C(C[C@@]1(C(=O)NCc2ccc(Nc3ccccc3C(F)(F)F)cc2)CCOC1)c1cnccn1. The van der Waals surface area contributed by atoms with E-state index >= 15 is 0 Å². The summed E-state index contributed by atoms with van der Waals surface area (Å²) in [4.78, 5) is 33.6. The topological polar surface area (TPSA) is 93.2 Å². The predicted molar refractivity (Wildman–Crippen MR) is 122 cm³/mol. The van der Waals surface area contributed by atoms with Gasteiger partial charge in [0, 0.05) is 37.7 Å². The van der Waals surface area contributed by atoms with Crippen LogP contribution in [-0.4, -0.2) is 34.9 Å². The van der Waals surface area contributed by atoms with Crippen molar-refractivity contribution in [3.05, 3.63) is 83.9 Å². The lowest BCUT2D eigenvalue weighted by molar-refractivity contribution is -0.137. The number of hydrogen-bond donors (Lipinski definition) is 2. The van der Waals surface area contributed by atoms with Gasteiger partial charge in [0.2, 0.25) is 5.91 Å². The summed E-state index contributed by atoms with van der Waals surface area (Å²) in [6.45, 7) is 0.701. The standard InChI is InChI=1S/C25H23F3N4O3/c26-25(27,28)19-3-1-2-4-20(19)32-18-7-5-17(6-8-18)14-31-23(34)24(9-12-35-16-24)13-22(33)21-15-29-10-11-30-21/h1-8,10-11,15,32H,9,12-14,16H2,(H,31,34)/t24-/m0/s1. The number of rotatable bonds is 8. The van der Waals surface area contributed by atoms with Crippen molar-refractivity contribution in [1.82, 2.24) is 15.3 Å². The first-order chi connectivity index (χ1) is 16.8. The molecule has 0 radical (unpaired) electrons. The third kappa shape index (κ3) is 5.83. The van der Waals surface area contributed by atoms with Crippen molar-refractivity contribution in [2.75, 3.05) is 18.5 Å². The number of ketones is 1. The highest BCUT2D eigenvalue weighted by Crippen LogP contribution is 2.36. The average molecular weight is 484 g/mol. The van der Waals surface area contributed by atoms with Crippen LogP contribution in [-0.2, 0) is 22.3 Å². The first kappa shape index (κ1) is 24.3. The molecule has 1 saturated heterocycles. The van der Waals surface area contributed by atoms with Crippen LogP contribution < -0.4 is 10.6 Å². The Morgan fingerprint density at radius 1 is 1.06 bits per heavy atom. The molecule has 3 aromatic rings. The molecule has 0 aliphatic carbocycles. The Balaban J connectivity index is 1.38. The number of ether oxygens (including phenoxy) is 1. The number of aromatic nitrogens is 2. The van der Waals surface area contributed by atoms with Crippen molar-refractivity contribution >= 4 is 23.1 Å². The molecule has 2 heterocycles. The zero-order valence-electron chi connectivity index (χ0n) is 18.6. The molecule has 10 heteroatoms. The molecule has 0 spiro atoms. The van der Waals surface area contributed by atoms with Crippen molar-refractivity contribution in [2.45, 2.75) is 25.6 Å². The Bertz CT molecular complexity index is 1180. The van der Waals surface area contributed by atoms with Crippen LogP contribution in [0.15, 0.2) is 67.1 Å². The van der Waals surface area contributed by atoms with Crippen molar-refractivity contribution < 1.29 is 27.5 Å². The Hall–Kier alpha value is -3.79. The normalized spacial score (nSPS) is 17.7. The van der Waals surface area contributed by atoms with Crippen molar-refractivity contribution in [3.8, 4) is 0 Å². The highest BCUT2D eigenvalue weighted by Gasteiger charge is 2.44. The molecule has 0 saturated carbocycles. The molecule has 1 amide bonds. The number of nitrogens with zero attached hydrogens (tertiary/aromatic N) is 2. The molecular formula is C25H23F3N4O3. The molecule has 0 bridgehead atoms. The number of halogens is 3. The maximum absolute atomic E-state index is 13.2. The quantitative estimate of drug-likeness (QED) is 0.456. The lowest BCUT2D eigenvalue weighted by atomic mass is 9.80. The maximum atomic E-state index is 13.2. The number of anilines is 2. The fourth-order valence-corrected chi connectivity index (χ4v) is 3.92. The lowest BCUT2D eigenvalue weighted by Gasteiger charge is -2.25. The van der Waals surface area contributed by atoms with Gasteiger partial charge in [-0.15, -0.1) is 0 Å². The van der Waals surface area contributed by atoms with E-state index in [9.17, 15) is 22.8 Å². The minimum Gasteiger partial charge on any atom is -0.380 e. The van der Waals surface area contributed by atoms with E-state index in [2.05, 4.69) is 20.6 Å². The summed E-state index contributed by atoms with van der Waals surface area (Å²) in [7, 11) is 0. The molecule has 35 heavy (non-hydrogen) atoms. The van der Waals surface area contributed by atoms with E-state index in [1.807, 2.05) is 0 Å². The second-order valence-corrected chi connectivity index (χ2v) is 8.32. The van der Waals surface area contributed by atoms with Gasteiger partial charge in [-0.3, -0.25) is 14.6 Å². The molecule has 182 valence electrons. The van der Waals surface area contributed by atoms with E-state index in [4.69, 9.17) is 4.74 Å². The molecule has 1 aliphatic heterocycles. The molecule has 1 aromatic heterocycles. The van der Waals surface area contributed by atoms with Gasteiger partial charge in [0.25, 0.3) is 0 Å². The van der Waals surface area contributed by atoms with Crippen LogP contribution >= 0.6 is 0 Å². The summed E-state index contributed by atoms with van der Waals surface area (Å²) >= 11 is 0. The fourth-order valence-electron chi connectivity index (χ4n) is 3.92. The lowest BCUT2D eigenvalue weighted by Crippen LogP contribution is -2.42. The number of amides is 1. The second kappa shape index (κ2) is 10.2. The van der Waals surface area contributed by atoms with E-state index in [1.54, 1.807) is 24.3 Å². The summed E-state index contributed by atoms with van der Waals surface area (Å²) in [6.07, 6.45) is 0.152. The largest absolute Gasteiger partial charge is 0.418 e. The smallest absolute Gasteiger partial charge is 0.380 e. The number of hydrogen-bond acceptors (Lipinski definition) is 6. The number of carbonyl (C=O) groups is 2. The number of benzene rings is 2. The van der Waals surface area contributed by atoms with E-state index in [1.165, 1.54) is 36.8 Å². The Kier molecular flexibility index (Phi) is 7.11. The highest BCUT2D eigenvalue weighted by atomic mass is 19.4. The molecule has 4 rings (SSSR count). The van der Waals surface area contributed by atoms with Gasteiger partial charge in [0.05, 0.1) is 29.5 Å². The van der Waals surface area contributed by atoms with Gasteiger partial charge >= 0.3 is 6.18 Å². The molecule has 0 unspecified atom stereocenters. The van der Waals surface area contributed by atoms with Crippen LogP contribution in [0.2, 0.25) is 0 Å². The Labute approximate surface area is 199 Å². The van der Waals surface area contributed by atoms with Crippen LogP contribution in [0.4, 0.5) is 24.5 Å². The van der Waals surface area contributed by atoms with E-state index < -0.39 is 17.2 Å². The summed E-state index contributed by atoms with van der Waals surface area (Å²) in [5.74, 6) is -0.582. The predicted octanol–water partition coefficient (Wildman–Crippen LogP) is 4.53. The third-order valence-electron chi connectivity index (χ3n) is 5.85. The van der Waals surface area contributed by atoms with Gasteiger partial charge in [0.15, 0.2) is 5.78 Å². The van der Waals surface area contributed by atoms with Crippen LogP contribution in [0, 0.1) is 5.41 Å². The van der Waals surface area contributed by atoms with Gasteiger partial charge < -0.3 is 15.4 Å². The number of alkyl halides is 3. The molecule has 1 aliphatic rings. The van der Waals surface area contributed by atoms with E-state index in [0.29, 0.717) is 18.7 Å². The van der Waals surface area contributed by atoms with Crippen molar-refractivity contribution in [3.63, 3.8) is 0 Å². The first-order valence-electron chi connectivity index (χ1n) is 10.9. The van der Waals surface area contributed by atoms with Gasteiger partial charge in [-0.2, -0.15) is 13.2 Å². The van der Waals surface area contributed by atoms with Gasteiger partial charge in [-0.25, -0.2) is 4.98 Å². The van der Waals surface area contributed by atoms with Crippen LogP contribution in [0.1, 0.15) is 34.5 Å². The van der Waals surface area contributed by atoms with Gasteiger partial charge in [0.1, 0.15) is 5.69 Å². The monoisotopic (exact) mass is 484 g/mol. The molecule has 2 N–H and O–H groups in total. The number of para-hydroxylation sites is 1. The number of Topliss-reactive ketones (excluding diaryl/α,β-unsaturated/α-hetero) is 1. The Morgan fingerprint density at radius 3 is 2.49 bits per heavy atom. The second-order valence-electron chi connectivity index (χ2n) is 8.32. The molecule has 7 nitrogen and oxygen atoms in total. The Morgan fingerprint density at radius 2 is 1.83 bits per heavy atom. The molecule has 2 aromatic carbocycles. The maximum Gasteiger partial charge on any atom is 0.418 e. The zero-order valence-corrected chi connectivity index (χ0v) is 18.6. The average Bonchev–Trinajstić information content (AvgIpc) is 3.33. The summed E-state index contributed by atoms with van der Waals surface area (Å²) in [5.41, 5.74) is -0.359. The minimum absolute atomic E-state index is 0.0427. The van der Waals surface area contributed by atoms with Crippen molar-refractivity contribution in [1.29, 1.82) is 0 Å². The highest BCUT2D eigenvalue weighted by molar-refractivity contribution is 5.98.